The Labute approximate surface area is 145 Å². The Morgan fingerprint density at radius 2 is 2.17 bits per heavy atom. The second-order valence-corrected chi connectivity index (χ2v) is 6.30. The van der Waals surface area contributed by atoms with Crippen LogP contribution in [-0.2, 0) is 4.79 Å². The van der Waals surface area contributed by atoms with Gasteiger partial charge in [0.2, 0.25) is 0 Å². The van der Waals surface area contributed by atoms with Gasteiger partial charge in [0.1, 0.15) is 5.54 Å². The minimum Gasteiger partial charge on any atom is -0.480 e. The first kappa shape index (κ1) is 18.1. The second kappa shape index (κ2) is 7.09. The average molecular weight is 354 g/mol. The van der Waals surface area contributed by atoms with E-state index in [1.807, 2.05) is 6.92 Å². The molecule has 8 heteroatoms. The van der Waals surface area contributed by atoms with Crippen LogP contribution in [0.4, 0.5) is 10.5 Å². The third-order valence-corrected chi connectivity index (χ3v) is 4.29. The smallest absolute Gasteiger partial charge is 0.329 e. The number of nitrogens with zero attached hydrogens (tertiary/aromatic N) is 1. The van der Waals surface area contributed by atoms with E-state index in [9.17, 15) is 19.5 Å². The van der Waals surface area contributed by atoms with Gasteiger partial charge in [-0.05, 0) is 31.5 Å². The molecule has 3 N–H and O–H groups in total. The molecule has 3 amide bonds. The Bertz CT molecular complexity index is 679. The number of aliphatic carboxylic acids is 1. The van der Waals surface area contributed by atoms with Crippen molar-refractivity contribution in [2.24, 2.45) is 0 Å². The Hall–Kier alpha value is -2.28. The minimum absolute atomic E-state index is 0.248. The summed E-state index contributed by atoms with van der Waals surface area (Å²) < 4.78 is 0. The van der Waals surface area contributed by atoms with Crippen molar-refractivity contribution >= 4 is 35.2 Å². The van der Waals surface area contributed by atoms with Gasteiger partial charge in [-0.1, -0.05) is 24.9 Å². The Kier molecular flexibility index (Phi) is 5.33. The van der Waals surface area contributed by atoms with Crippen molar-refractivity contribution in [1.82, 2.24) is 10.6 Å². The maximum Gasteiger partial charge on any atom is 0.329 e. The Morgan fingerprint density at radius 3 is 2.71 bits per heavy atom. The molecular formula is C16H20ClN3O4. The van der Waals surface area contributed by atoms with Crippen LogP contribution in [0, 0.1) is 0 Å². The lowest BCUT2D eigenvalue weighted by Gasteiger charge is -2.26. The predicted octanol–water partition coefficient (Wildman–Crippen LogP) is 2.24. The van der Waals surface area contributed by atoms with Crippen LogP contribution in [0.2, 0.25) is 5.02 Å². The highest BCUT2D eigenvalue weighted by Gasteiger charge is 2.34. The lowest BCUT2D eigenvalue weighted by molar-refractivity contribution is -0.144. The molecular weight excluding hydrogens is 334 g/mol. The van der Waals surface area contributed by atoms with Gasteiger partial charge in [0, 0.05) is 18.7 Å². The fourth-order valence-electron chi connectivity index (χ4n) is 2.61. The van der Waals surface area contributed by atoms with Crippen LogP contribution in [0.1, 0.15) is 37.0 Å². The van der Waals surface area contributed by atoms with Crippen molar-refractivity contribution in [2.75, 3.05) is 18.0 Å². The molecule has 1 fully saturated rings. The van der Waals surface area contributed by atoms with Crippen molar-refractivity contribution < 1.29 is 19.5 Å². The molecule has 0 saturated carbocycles. The van der Waals surface area contributed by atoms with E-state index in [0.717, 1.165) is 0 Å². The van der Waals surface area contributed by atoms with Crippen LogP contribution >= 0.6 is 11.6 Å². The molecule has 0 bridgehead atoms. The van der Waals surface area contributed by atoms with E-state index < -0.39 is 17.4 Å². The Balaban J connectivity index is 2.27. The van der Waals surface area contributed by atoms with Gasteiger partial charge in [-0.15, -0.1) is 0 Å². The van der Waals surface area contributed by atoms with Crippen molar-refractivity contribution in [2.45, 2.75) is 32.2 Å². The fourth-order valence-corrected chi connectivity index (χ4v) is 2.83. The first-order valence-corrected chi connectivity index (χ1v) is 8.07. The first-order chi connectivity index (χ1) is 11.3. The molecule has 2 rings (SSSR count). The summed E-state index contributed by atoms with van der Waals surface area (Å²) in [6, 6.07) is 4.24. The van der Waals surface area contributed by atoms with E-state index in [-0.39, 0.29) is 11.6 Å². The number of hydrogen-bond acceptors (Lipinski definition) is 3. The van der Waals surface area contributed by atoms with Crippen LogP contribution in [-0.4, -0.2) is 41.6 Å². The number of nitrogens with one attached hydrogen (secondary N) is 2. The average Bonchev–Trinajstić information content (AvgIpc) is 2.93. The number of carboxylic acid groups (broad SMARTS) is 1. The second-order valence-electron chi connectivity index (χ2n) is 5.89. The zero-order valence-electron chi connectivity index (χ0n) is 13.6. The van der Waals surface area contributed by atoms with E-state index in [0.29, 0.717) is 36.6 Å². The number of rotatable bonds is 6. The van der Waals surface area contributed by atoms with Gasteiger partial charge in [0.25, 0.3) is 5.91 Å². The summed E-state index contributed by atoms with van der Waals surface area (Å²) in [5.74, 6) is -1.61. The minimum atomic E-state index is -1.35. The third-order valence-electron chi connectivity index (χ3n) is 3.97. The number of carbonyl (C=O) groups excluding carboxylic acids is 2. The van der Waals surface area contributed by atoms with Crippen molar-refractivity contribution in [1.29, 1.82) is 0 Å². The van der Waals surface area contributed by atoms with E-state index in [1.54, 1.807) is 0 Å². The highest BCUT2D eigenvalue weighted by atomic mass is 35.5. The molecule has 1 heterocycles. The highest BCUT2D eigenvalue weighted by Crippen LogP contribution is 2.28. The topological polar surface area (TPSA) is 98.7 Å². The van der Waals surface area contributed by atoms with Gasteiger partial charge >= 0.3 is 12.0 Å². The van der Waals surface area contributed by atoms with Gasteiger partial charge in [0.15, 0.2) is 0 Å². The number of amides is 3. The molecule has 1 aromatic carbocycles. The molecule has 1 aliphatic heterocycles. The number of benzene rings is 1. The van der Waals surface area contributed by atoms with Crippen LogP contribution in [0.15, 0.2) is 18.2 Å². The molecule has 1 unspecified atom stereocenters. The van der Waals surface area contributed by atoms with Gasteiger partial charge < -0.3 is 15.7 Å². The molecule has 0 spiro atoms. The molecule has 0 radical (unpaired) electrons. The number of hydrogen-bond donors (Lipinski definition) is 3. The standard InChI is InChI=1S/C16H20ClN3O4/c1-3-6-16(2,14(22)23)19-13(21)10-4-5-11(17)12(9-10)20-8-7-18-15(20)24/h4-5,9H,3,6-8H2,1-2H3,(H,18,24)(H,19,21)(H,22,23). The molecule has 1 saturated heterocycles. The molecule has 1 aromatic rings. The lowest BCUT2D eigenvalue weighted by Crippen LogP contribution is -2.52. The number of carbonyl (C=O) groups is 3. The van der Waals surface area contributed by atoms with E-state index in [4.69, 9.17) is 11.6 Å². The lowest BCUT2D eigenvalue weighted by atomic mass is 9.95. The SMILES string of the molecule is CCCC(C)(NC(=O)c1ccc(Cl)c(N2CCNC2=O)c1)C(=O)O. The van der Waals surface area contributed by atoms with E-state index in [2.05, 4.69) is 10.6 Å². The van der Waals surface area contributed by atoms with Gasteiger partial charge in [0.05, 0.1) is 10.7 Å². The summed E-state index contributed by atoms with van der Waals surface area (Å²) in [6.07, 6.45) is 0.923. The van der Waals surface area contributed by atoms with Crippen molar-refractivity contribution in [3.8, 4) is 0 Å². The maximum absolute atomic E-state index is 12.5. The fraction of sp³-hybridized carbons (Fsp3) is 0.438. The third kappa shape index (κ3) is 3.62. The predicted molar refractivity (Wildman–Crippen MR) is 90.6 cm³/mol. The van der Waals surface area contributed by atoms with Crippen LogP contribution in [0.3, 0.4) is 0 Å². The monoisotopic (exact) mass is 353 g/mol. The molecule has 0 aliphatic carbocycles. The van der Waals surface area contributed by atoms with Crippen molar-refractivity contribution in [3.63, 3.8) is 0 Å². The quantitative estimate of drug-likeness (QED) is 0.730. The molecule has 1 atom stereocenters. The summed E-state index contributed by atoms with van der Waals surface area (Å²) >= 11 is 6.13. The normalized spacial score (nSPS) is 16.5. The first-order valence-electron chi connectivity index (χ1n) is 7.69. The molecule has 0 aromatic heterocycles. The van der Waals surface area contributed by atoms with Crippen LogP contribution in [0.5, 0.6) is 0 Å². The number of anilines is 1. The van der Waals surface area contributed by atoms with Gasteiger partial charge in [-0.3, -0.25) is 9.69 Å². The largest absolute Gasteiger partial charge is 0.480 e. The van der Waals surface area contributed by atoms with Crippen molar-refractivity contribution in [3.05, 3.63) is 28.8 Å². The summed E-state index contributed by atoms with van der Waals surface area (Å²) in [5.41, 5.74) is -0.680. The molecule has 24 heavy (non-hydrogen) atoms. The van der Waals surface area contributed by atoms with Crippen LogP contribution in [0.25, 0.3) is 0 Å². The highest BCUT2D eigenvalue weighted by molar-refractivity contribution is 6.34. The Morgan fingerprint density at radius 1 is 1.46 bits per heavy atom. The van der Waals surface area contributed by atoms with E-state index in [1.165, 1.54) is 30.0 Å². The summed E-state index contributed by atoms with van der Waals surface area (Å²) in [5, 5.41) is 14.9. The van der Waals surface area contributed by atoms with E-state index >= 15 is 0 Å². The molecule has 1 aliphatic rings. The maximum atomic E-state index is 12.5. The number of urea groups is 1. The summed E-state index contributed by atoms with van der Waals surface area (Å²) in [7, 11) is 0. The zero-order chi connectivity index (χ0) is 17.9. The number of halogens is 1. The zero-order valence-corrected chi connectivity index (χ0v) is 14.3. The van der Waals surface area contributed by atoms with Gasteiger partial charge in [-0.2, -0.15) is 0 Å². The number of carboxylic acids is 1. The molecule has 130 valence electrons. The summed E-state index contributed by atoms with van der Waals surface area (Å²) in [4.78, 5) is 37.2. The molecule has 7 nitrogen and oxygen atoms in total. The van der Waals surface area contributed by atoms with Crippen LogP contribution < -0.4 is 15.5 Å². The van der Waals surface area contributed by atoms with Gasteiger partial charge in [-0.25, -0.2) is 9.59 Å². The summed E-state index contributed by atoms with van der Waals surface area (Å²) in [6.45, 7) is 4.27.